The van der Waals surface area contributed by atoms with Gasteiger partial charge in [0.15, 0.2) is 0 Å². The van der Waals surface area contributed by atoms with Crippen molar-refractivity contribution in [1.82, 2.24) is 9.78 Å². The number of hydrogen-bond acceptors (Lipinski definition) is 2. The molecule has 1 heterocycles. The van der Waals surface area contributed by atoms with Crippen molar-refractivity contribution in [3.8, 4) is 0 Å². The first-order valence-electron chi connectivity index (χ1n) is 5.66. The van der Waals surface area contributed by atoms with Gasteiger partial charge in [-0.3, -0.25) is 9.48 Å². The molecule has 1 aromatic carbocycles. The van der Waals surface area contributed by atoms with Gasteiger partial charge in [-0.25, -0.2) is 0 Å². The summed E-state index contributed by atoms with van der Waals surface area (Å²) in [4.78, 5) is 11.5. The van der Waals surface area contributed by atoms with Crippen LogP contribution in [0.1, 0.15) is 12.5 Å². The van der Waals surface area contributed by atoms with Gasteiger partial charge in [0.2, 0.25) is 5.91 Å². The minimum atomic E-state index is -0.542. The van der Waals surface area contributed by atoms with Crippen molar-refractivity contribution < 1.29 is 4.79 Å². The summed E-state index contributed by atoms with van der Waals surface area (Å²) in [7, 11) is 0. The van der Waals surface area contributed by atoms with E-state index >= 15 is 0 Å². The fourth-order valence-corrected chi connectivity index (χ4v) is 1.62. The third-order valence-corrected chi connectivity index (χ3v) is 2.66. The van der Waals surface area contributed by atoms with Crippen LogP contribution in [-0.2, 0) is 11.3 Å². The normalized spacial score (nSPS) is 12.1. The van der Waals surface area contributed by atoms with Crippen molar-refractivity contribution in [3.63, 3.8) is 0 Å². The molecule has 1 amide bonds. The van der Waals surface area contributed by atoms with Gasteiger partial charge >= 0.3 is 0 Å². The van der Waals surface area contributed by atoms with Gasteiger partial charge in [0.05, 0.1) is 6.54 Å². The van der Waals surface area contributed by atoms with E-state index in [-0.39, 0.29) is 5.91 Å². The number of rotatable bonds is 4. The zero-order valence-corrected chi connectivity index (χ0v) is 10.8. The first-order valence-corrected chi connectivity index (χ1v) is 6.10. The van der Waals surface area contributed by atoms with Crippen LogP contribution in [0, 0.1) is 0 Å². The molecule has 0 aliphatic rings. The van der Waals surface area contributed by atoms with E-state index in [1.807, 2.05) is 41.2 Å². The molecule has 0 radical (unpaired) electrons. The van der Waals surface area contributed by atoms with Crippen LogP contribution >= 0.6 is 11.6 Å². The second-order valence-electron chi connectivity index (χ2n) is 4.01. The number of benzene rings is 1. The second-order valence-corrected chi connectivity index (χ2v) is 4.66. The summed E-state index contributed by atoms with van der Waals surface area (Å²) in [6.45, 7) is 2.32. The number of nitrogens with one attached hydrogen (secondary N) is 1. The molecule has 0 saturated heterocycles. The lowest BCUT2D eigenvalue weighted by Gasteiger charge is -2.08. The van der Waals surface area contributed by atoms with E-state index in [9.17, 15) is 4.79 Å². The second kappa shape index (κ2) is 5.69. The Morgan fingerprint density at radius 1 is 1.50 bits per heavy atom. The highest BCUT2D eigenvalue weighted by atomic mass is 35.5. The minimum Gasteiger partial charge on any atom is -0.325 e. The number of carbonyl (C=O) groups is 1. The molecule has 0 fully saturated rings. The van der Waals surface area contributed by atoms with Gasteiger partial charge < -0.3 is 5.32 Å². The van der Waals surface area contributed by atoms with Gasteiger partial charge in [-0.1, -0.05) is 12.1 Å². The summed E-state index contributed by atoms with van der Waals surface area (Å²) in [5.41, 5.74) is 1.82. The van der Waals surface area contributed by atoms with E-state index in [2.05, 4.69) is 10.4 Å². The van der Waals surface area contributed by atoms with Crippen molar-refractivity contribution >= 4 is 23.2 Å². The number of aromatic nitrogens is 2. The van der Waals surface area contributed by atoms with Crippen LogP contribution in [0.3, 0.4) is 0 Å². The lowest BCUT2D eigenvalue weighted by atomic mass is 10.2. The van der Waals surface area contributed by atoms with E-state index in [1.165, 1.54) is 0 Å². The zero-order chi connectivity index (χ0) is 13.0. The number of halogens is 1. The molecule has 1 unspecified atom stereocenters. The summed E-state index contributed by atoms with van der Waals surface area (Å²) in [6, 6.07) is 9.51. The average Bonchev–Trinajstić information content (AvgIpc) is 2.82. The summed E-state index contributed by atoms with van der Waals surface area (Å²) >= 11 is 5.71. The topological polar surface area (TPSA) is 46.9 Å². The molecule has 1 atom stereocenters. The van der Waals surface area contributed by atoms with E-state index in [0.717, 1.165) is 11.3 Å². The SMILES string of the molecule is CC(Cl)C(=O)Nc1cccc(Cn2cccn2)c1. The Morgan fingerprint density at radius 3 is 3.00 bits per heavy atom. The summed E-state index contributed by atoms with van der Waals surface area (Å²) in [5, 5.41) is 6.36. The molecule has 2 aromatic rings. The third-order valence-electron chi connectivity index (χ3n) is 2.46. The van der Waals surface area contributed by atoms with Crippen molar-refractivity contribution in [3.05, 3.63) is 48.3 Å². The van der Waals surface area contributed by atoms with E-state index < -0.39 is 5.38 Å². The first-order chi connectivity index (χ1) is 8.65. The molecule has 0 bridgehead atoms. The Bertz CT molecular complexity index is 523. The Hall–Kier alpha value is -1.81. The Labute approximate surface area is 111 Å². The van der Waals surface area contributed by atoms with E-state index in [1.54, 1.807) is 13.1 Å². The zero-order valence-electron chi connectivity index (χ0n) is 10.0. The van der Waals surface area contributed by atoms with E-state index in [0.29, 0.717) is 6.54 Å². The molecule has 0 saturated carbocycles. The van der Waals surface area contributed by atoms with Crippen molar-refractivity contribution in [2.75, 3.05) is 5.32 Å². The van der Waals surface area contributed by atoms with Crippen molar-refractivity contribution in [1.29, 1.82) is 0 Å². The van der Waals surface area contributed by atoms with Crippen LogP contribution < -0.4 is 5.32 Å². The molecule has 1 aromatic heterocycles. The summed E-state index contributed by atoms with van der Waals surface area (Å²) < 4.78 is 1.82. The molecule has 0 spiro atoms. The van der Waals surface area contributed by atoms with Gasteiger partial charge in [0.25, 0.3) is 0 Å². The highest BCUT2D eigenvalue weighted by Crippen LogP contribution is 2.12. The number of amides is 1. The Balaban J connectivity index is 2.08. The fraction of sp³-hybridized carbons (Fsp3) is 0.231. The predicted octanol–water partition coefficient (Wildman–Crippen LogP) is 2.50. The van der Waals surface area contributed by atoms with Gasteiger partial charge in [-0.2, -0.15) is 5.10 Å². The van der Waals surface area contributed by atoms with Gasteiger partial charge in [-0.15, -0.1) is 11.6 Å². The number of carbonyl (C=O) groups excluding carboxylic acids is 1. The standard InChI is InChI=1S/C13H14ClN3O/c1-10(14)13(18)16-12-5-2-4-11(8-12)9-17-7-3-6-15-17/h2-8,10H,9H2,1H3,(H,16,18). The fourth-order valence-electron chi connectivity index (χ4n) is 1.57. The van der Waals surface area contributed by atoms with Gasteiger partial charge in [-0.05, 0) is 30.7 Å². The maximum Gasteiger partial charge on any atom is 0.242 e. The molecule has 1 N–H and O–H groups in total. The maximum absolute atomic E-state index is 11.5. The van der Waals surface area contributed by atoms with E-state index in [4.69, 9.17) is 11.6 Å². The smallest absolute Gasteiger partial charge is 0.242 e. The minimum absolute atomic E-state index is 0.201. The molecule has 2 rings (SSSR count). The van der Waals surface area contributed by atoms with Crippen LogP contribution in [0.5, 0.6) is 0 Å². The van der Waals surface area contributed by atoms with Crippen molar-refractivity contribution in [2.45, 2.75) is 18.8 Å². The number of anilines is 1. The third kappa shape index (κ3) is 3.34. The monoisotopic (exact) mass is 263 g/mol. The van der Waals surface area contributed by atoms with Crippen LogP contribution in [0.2, 0.25) is 0 Å². The molecule has 94 valence electrons. The molecular formula is C13H14ClN3O. The molecular weight excluding hydrogens is 250 g/mol. The molecule has 5 heteroatoms. The summed E-state index contributed by atoms with van der Waals surface area (Å²) in [5.74, 6) is -0.201. The number of nitrogens with zero attached hydrogens (tertiary/aromatic N) is 2. The highest BCUT2D eigenvalue weighted by Gasteiger charge is 2.09. The highest BCUT2D eigenvalue weighted by molar-refractivity contribution is 6.32. The Morgan fingerprint density at radius 2 is 2.33 bits per heavy atom. The number of alkyl halides is 1. The van der Waals surface area contributed by atoms with Gasteiger partial charge in [0, 0.05) is 18.1 Å². The summed E-state index contributed by atoms with van der Waals surface area (Å²) in [6.07, 6.45) is 3.63. The lowest BCUT2D eigenvalue weighted by molar-refractivity contribution is -0.115. The predicted molar refractivity (Wildman–Crippen MR) is 71.7 cm³/mol. The van der Waals surface area contributed by atoms with Gasteiger partial charge in [0.1, 0.15) is 5.38 Å². The molecule has 0 aliphatic carbocycles. The van der Waals surface area contributed by atoms with Crippen LogP contribution in [0.15, 0.2) is 42.7 Å². The Kier molecular flexibility index (Phi) is 3.99. The lowest BCUT2D eigenvalue weighted by Crippen LogP contribution is -2.20. The van der Waals surface area contributed by atoms with Crippen LogP contribution in [0.25, 0.3) is 0 Å². The van der Waals surface area contributed by atoms with Crippen LogP contribution in [0.4, 0.5) is 5.69 Å². The first kappa shape index (κ1) is 12.6. The average molecular weight is 264 g/mol. The largest absolute Gasteiger partial charge is 0.325 e. The molecule has 0 aliphatic heterocycles. The van der Waals surface area contributed by atoms with Crippen LogP contribution in [-0.4, -0.2) is 21.1 Å². The van der Waals surface area contributed by atoms with Crippen molar-refractivity contribution in [2.24, 2.45) is 0 Å². The quantitative estimate of drug-likeness (QED) is 0.862. The number of hydrogen-bond donors (Lipinski definition) is 1. The maximum atomic E-state index is 11.5. The molecule has 18 heavy (non-hydrogen) atoms. The molecule has 4 nitrogen and oxygen atoms in total.